The van der Waals surface area contributed by atoms with Crippen LogP contribution >= 0.6 is 0 Å². The maximum absolute atomic E-state index is 11.5. The van der Waals surface area contributed by atoms with Crippen LogP contribution in [0, 0.1) is 0 Å². The van der Waals surface area contributed by atoms with Gasteiger partial charge in [0, 0.05) is 12.6 Å². The van der Waals surface area contributed by atoms with Crippen LogP contribution in [-0.4, -0.2) is 49.0 Å². The summed E-state index contributed by atoms with van der Waals surface area (Å²) in [5, 5.41) is 17.5. The van der Waals surface area contributed by atoms with Crippen LogP contribution in [0.4, 0.5) is 4.79 Å². The number of rotatable bonds is 10. The van der Waals surface area contributed by atoms with E-state index in [1.165, 1.54) is 0 Å². The quantitative estimate of drug-likeness (QED) is 0.505. The summed E-state index contributed by atoms with van der Waals surface area (Å²) in [5.74, 6) is 0.743. The van der Waals surface area contributed by atoms with Crippen LogP contribution in [0.1, 0.15) is 33.3 Å². The lowest BCUT2D eigenvalue weighted by Gasteiger charge is -2.13. The van der Waals surface area contributed by atoms with Crippen molar-refractivity contribution in [2.24, 2.45) is 0 Å². The molecule has 136 valence electrons. The summed E-state index contributed by atoms with van der Waals surface area (Å²) in [5.41, 5.74) is 1.13. The van der Waals surface area contributed by atoms with Gasteiger partial charge in [0.25, 0.3) is 0 Å². The topological polar surface area (TPSA) is 87.2 Å². The number of carbonyl (C=O) groups excluding carboxylic acids is 1. The van der Waals surface area contributed by atoms with Crippen molar-refractivity contribution in [1.82, 2.24) is 10.6 Å². The average Bonchev–Trinajstić information content (AvgIpc) is 2.51. The van der Waals surface area contributed by atoms with Crippen LogP contribution in [0.15, 0.2) is 24.3 Å². The fourth-order valence-corrected chi connectivity index (χ4v) is 2.08. The van der Waals surface area contributed by atoms with Crippen molar-refractivity contribution < 1.29 is 20.0 Å². The van der Waals surface area contributed by atoms with E-state index in [9.17, 15) is 9.90 Å². The van der Waals surface area contributed by atoms with Gasteiger partial charge in [-0.1, -0.05) is 12.1 Å². The van der Waals surface area contributed by atoms with Gasteiger partial charge in [-0.3, -0.25) is 0 Å². The van der Waals surface area contributed by atoms with Gasteiger partial charge in [-0.2, -0.15) is 0 Å². The second-order valence-electron chi connectivity index (χ2n) is 6.63. The van der Waals surface area contributed by atoms with E-state index in [4.69, 9.17) is 4.74 Å². The van der Waals surface area contributed by atoms with Crippen molar-refractivity contribution >= 4 is 6.03 Å². The average molecular weight is 338 g/mol. The molecule has 5 N–H and O–H groups in total. The molecule has 6 heteroatoms. The molecule has 0 aliphatic carbocycles. The highest BCUT2D eigenvalue weighted by Gasteiger charge is 2.08. The van der Waals surface area contributed by atoms with Gasteiger partial charge in [-0.05, 0) is 51.8 Å². The number of hydrogen-bond acceptors (Lipinski definition) is 3. The van der Waals surface area contributed by atoms with Gasteiger partial charge in [-0.25, -0.2) is 4.79 Å². The lowest BCUT2D eigenvalue weighted by molar-refractivity contribution is -0.688. The van der Waals surface area contributed by atoms with Crippen molar-refractivity contribution in [1.29, 1.82) is 0 Å². The maximum atomic E-state index is 11.5. The summed E-state index contributed by atoms with van der Waals surface area (Å²) >= 11 is 0. The molecule has 0 spiro atoms. The maximum Gasteiger partial charge on any atom is 0.314 e. The Kier molecular flexibility index (Phi) is 9.19. The Hall–Kier alpha value is -1.79. The summed E-state index contributed by atoms with van der Waals surface area (Å²) in [7, 11) is 0. The van der Waals surface area contributed by atoms with Gasteiger partial charge in [0.15, 0.2) is 0 Å². The minimum Gasteiger partial charge on any atom is -0.491 e. The van der Waals surface area contributed by atoms with Crippen LogP contribution in [-0.2, 0) is 6.42 Å². The number of ether oxygens (including phenoxy) is 1. The smallest absolute Gasteiger partial charge is 0.314 e. The third kappa shape index (κ3) is 9.37. The number of carbonyl (C=O) groups is 1. The number of nitrogens with one attached hydrogen (secondary N) is 2. The largest absolute Gasteiger partial charge is 0.491 e. The molecule has 0 aliphatic heterocycles. The molecule has 1 aromatic carbocycles. The predicted octanol–water partition coefficient (Wildman–Crippen LogP) is 0.648. The lowest BCUT2D eigenvalue weighted by Crippen LogP contribution is -2.90. The summed E-state index contributed by atoms with van der Waals surface area (Å²) in [6.45, 7) is 9.55. The molecule has 0 radical (unpaired) electrons. The molecule has 2 amide bonds. The Bertz CT molecular complexity index is 475. The van der Waals surface area contributed by atoms with Crippen LogP contribution in [0.5, 0.6) is 5.75 Å². The summed E-state index contributed by atoms with van der Waals surface area (Å²) in [4.78, 5) is 11.5. The van der Waals surface area contributed by atoms with Crippen molar-refractivity contribution in [2.45, 2.75) is 52.3 Å². The number of benzene rings is 1. The zero-order valence-corrected chi connectivity index (χ0v) is 15.2. The van der Waals surface area contributed by atoms with Crippen molar-refractivity contribution in [3.8, 4) is 5.75 Å². The lowest BCUT2D eigenvalue weighted by atomic mass is 10.1. The number of aliphatic hydroxyl groups is 1. The molecular weight excluding hydrogens is 306 g/mol. The van der Waals surface area contributed by atoms with E-state index in [0.29, 0.717) is 25.7 Å². The molecule has 0 aromatic heterocycles. The molecule has 6 nitrogen and oxygen atoms in total. The molecular formula is C18H32N3O3+. The summed E-state index contributed by atoms with van der Waals surface area (Å²) in [6, 6.07) is 8.20. The second kappa shape index (κ2) is 10.9. The molecule has 0 saturated carbocycles. The molecule has 0 bridgehead atoms. The van der Waals surface area contributed by atoms with E-state index >= 15 is 0 Å². The number of nitrogens with two attached hydrogens (primary N) is 1. The molecule has 0 fully saturated rings. The molecule has 0 saturated heterocycles. The van der Waals surface area contributed by atoms with Gasteiger partial charge >= 0.3 is 6.03 Å². The standard InChI is InChI=1S/C18H31N3O3/c1-13(2)20-11-16(22)12-24-17-7-5-15(6-8-17)9-10-19-18(23)21-14(3)4/h5-8,13-14,16,20,22H,9-12H2,1-4H3,(H2,19,21,23)/p+1/t16-/m1/s1. The molecule has 1 atom stereocenters. The minimum atomic E-state index is -0.476. The number of amides is 2. The number of aliphatic hydroxyl groups excluding tert-OH is 1. The minimum absolute atomic E-state index is 0.134. The number of urea groups is 1. The van der Waals surface area contributed by atoms with Gasteiger partial charge in [-0.15, -0.1) is 0 Å². The van der Waals surface area contributed by atoms with Gasteiger partial charge in [0.05, 0.1) is 6.04 Å². The second-order valence-corrected chi connectivity index (χ2v) is 6.63. The number of quaternary nitrogens is 1. The molecule has 0 aliphatic rings. The fraction of sp³-hybridized carbons (Fsp3) is 0.611. The molecule has 0 heterocycles. The Balaban J connectivity index is 2.26. The highest BCUT2D eigenvalue weighted by atomic mass is 16.5. The monoisotopic (exact) mass is 338 g/mol. The van der Waals surface area contributed by atoms with Crippen LogP contribution in [0.25, 0.3) is 0 Å². The van der Waals surface area contributed by atoms with E-state index in [0.717, 1.165) is 17.7 Å². The highest BCUT2D eigenvalue weighted by molar-refractivity contribution is 5.74. The predicted molar refractivity (Wildman–Crippen MR) is 95.2 cm³/mol. The van der Waals surface area contributed by atoms with Crippen LogP contribution in [0.2, 0.25) is 0 Å². The third-order valence-corrected chi connectivity index (χ3v) is 3.36. The van der Waals surface area contributed by atoms with Gasteiger partial charge in [0.2, 0.25) is 0 Å². The highest BCUT2D eigenvalue weighted by Crippen LogP contribution is 2.12. The molecule has 1 aromatic rings. The van der Waals surface area contributed by atoms with E-state index in [-0.39, 0.29) is 12.1 Å². The molecule has 0 unspecified atom stereocenters. The molecule has 24 heavy (non-hydrogen) atoms. The zero-order chi connectivity index (χ0) is 17.9. The van der Waals surface area contributed by atoms with E-state index in [1.54, 1.807) is 0 Å². The SMILES string of the molecule is CC(C)NC(=O)NCCc1ccc(OC[C@H](O)C[NH2+]C(C)C)cc1. The van der Waals surface area contributed by atoms with Crippen molar-refractivity contribution in [2.75, 3.05) is 19.7 Å². The zero-order valence-electron chi connectivity index (χ0n) is 15.2. The molecule has 1 rings (SSSR count). The first-order valence-corrected chi connectivity index (χ1v) is 8.64. The van der Waals surface area contributed by atoms with E-state index in [2.05, 4.69) is 29.8 Å². The Labute approximate surface area is 145 Å². The third-order valence-electron chi connectivity index (χ3n) is 3.36. The Morgan fingerprint density at radius 2 is 1.88 bits per heavy atom. The first-order chi connectivity index (χ1) is 11.4. The van der Waals surface area contributed by atoms with Gasteiger partial charge in [0.1, 0.15) is 25.0 Å². The van der Waals surface area contributed by atoms with Crippen molar-refractivity contribution in [3.63, 3.8) is 0 Å². The Morgan fingerprint density at radius 3 is 2.46 bits per heavy atom. The summed E-state index contributed by atoms with van der Waals surface area (Å²) in [6.07, 6.45) is 0.286. The van der Waals surface area contributed by atoms with Gasteiger partial charge < -0.3 is 25.8 Å². The van der Waals surface area contributed by atoms with Crippen molar-refractivity contribution in [3.05, 3.63) is 29.8 Å². The fourth-order valence-electron chi connectivity index (χ4n) is 2.08. The van der Waals surface area contributed by atoms with E-state index < -0.39 is 6.10 Å². The van der Waals surface area contributed by atoms with Crippen LogP contribution in [0.3, 0.4) is 0 Å². The summed E-state index contributed by atoms with van der Waals surface area (Å²) < 4.78 is 5.59. The normalized spacial score (nSPS) is 12.3. The first-order valence-electron chi connectivity index (χ1n) is 8.64. The van der Waals surface area contributed by atoms with Crippen LogP contribution < -0.4 is 20.7 Å². The first kappa shape index (κ1) is 20.3. The number of hydrogen-bond donors (Lipinski definition) is 4. The van der Waals surface area contributed by atoms with E-state index in [1.807, 2.05) is 38.1 Å². The Morgan fingerprint density at radius 1 is 1.21 bits per heavy atom.